The second kappa shape index (κ2) is 21.5. The van der Waals surface area contributed by atoms with E-state index < -0.39 is 23.9 Å². The molecule has 0 radical (unpaired) electrons. The number of benzene rings is 8. The summed E-state index contributed by atoms with van der Waals surface area (Å²) in [4.78, 5) is 61.7. The van der Waals surface area contributed by atoms with Gasteiger partial charge in [0.2, 0.25) is 0 Å². The zero-order valence-electron chi connectivity index (χ0n) is 44.6. The highest BCUT2D eigenvalue weighted by Gasteiger charge is 2.27. The molecule has 1 aromatic heterocycles. The highest BCUT2D eigenvalue weighted by molar-refractivity contribution is 6.34. The van der Waals surface area contributed by atoms with E-state index in [0.29, 0.717) is 6.42 Å². The zero-order valence-corrected chi connectivity index (χ0v) is 44.6. The minimum absolute atomic E-state index is 0.207. The third kappa shape index (κ3) is 9.98. The Balaban J connectivity index is 0.995. The van der Waals surface area contributed by atoms with Crippen LogP contribution in [0.15, 0.2) is 275 Å². The summed E-state index contributed by atoms with van der Waals surface area (Å²) >= 11 is 0. The van der Waals surface area contributed by atoms with Crippen LogP contribution in [0.4, 0.5) is 0 Å². The number of carbonyl (C=O) groups is 4. The summed E-state index contributed by atoms with van der Waals surface area (Å²) < 4.78 is 0. The highest BCUT2D eigenvalue weighted by atomic mass is 16.4. The maximum atomic E-state index is 11.7. The van der Waals surface area contributed by atoms with Gasteiger partial charge in [0.05, 0.1) is 45.1 Å². The maximum Gasteiger partial charge on any atom is 0.335 e. The number of rotatable bonds is 12. The SMILES string of the molecule is O=C(O)c1ccc(-c2ccc(C3=C4C=CC(=C(c5ccc(-c6ccc(C(=O)O)cc6)cc5)C5=NC(=C(c6ccc(-c7ccc(C(=O)O)cc7)cc6)c6ccc([nH]6)C(c6ccc(-c7ccc(C(=O)O)cc7)cc6)=C6C=CC3=N6)C=C5)C4)cc2)cc1. The lowest BCUT2D eigenvalue weighted by atomic mass is 9.90. The van der Waals surface area contributed by atoms with Crippen LogP contribution in [-0.2, 0) is 0 Å². The van der Waals surface area contributed by atoms with E-state index in [0.717, 1.165) is 134 Å². The Morgan fingerprint density at radius 3 is 0.750 bits per heavy atom. The molecule has 5 N–H and O–H groups in total. The van der Waals surface area contributed by atoms with Crippen LogP contribution in [0.5, 0.6) is 0 Å². The maximum absolute atomic E-state index is 11.7. The second-order valence-electron chi connectivity index (χ2n) is 20.6. The number of carboxylic acids is 4. The molecule has 0 fully saturated rings. The molecule has 11 nitrogen and oxygen atoms in total. The van der Waals surface area contributed by atoms with Crippen LogP contribution in [0.3, 0.4) is 0 Å². The van der Waals surface area contributed by atoms with Gasteiger partial charge in [0.25, 0.3) is 0 Å². The average molecular weight is 1090 g/mol. The number of aromatic carboxylic acids is 4. The summed E-state index contributed by atoms with van der Waals surface area (Å²) in [6.45, 7) is 0. The van der Waals surface area contributed by atoms with Crippen molar-refractivity contribution in [1.82, 2.24) is 4.98 Å². The third-order valence-corrected chi connectivity index (χ3v) is 15.6. The number of allylic oxidation sites excluding steroid dienone is 10. The number of nitrogens with zero attached hydrogens (tertiary/aromatic N) is 2. The fraction of sp³-hybridized carbons (Fsp3) is 0.0137. The number of hydrogen-bond acceptors (Lipinski definition) is 6. The van der Waals surface area contributed by atoms with Crippen molar-refractivity contribution in [1.29, 1.82) is 0 Å². The van der Waals surface area contributed by atoms with Gasteiger partial charge in [0, 0.05) is 33.7 Å². The van der Waals surface area contributed by atoms with Crippen LogP contribution in [-0.4, -0.2) is 60.7 Å². The van der Waals surface area contributed by atoms with Crippen molar-refractivity contribution in [2.75, 3.05) is 0 Å². The van der Waals surface area contributed by atoms with Gasteiger partial charge in [-0.2, -0.15) is 0 Å². The van der Waals surface area contributed by atoms with Crippen molar-refractivity contribution >= 4 is 57.6 Å². The zero-order chi connectivity index (χ0) is 57.6. The van der Waals surface area contributed by atoms with Gasteiger partial charge in [-0.05, 0) is 169 Å². The fourth-order valence-corrected chi connectivity index (χ4v) is 11.3. The molecule has 11 heteroatoms. The topological polar surface area (TPSA) is 190 Å². The van der Waals surface area contributed by atoms with E-state index in [1.807, 2.05) is 97.1 Å². The molecule has 0 spiro atoms. The first-order chi connectivity index (χ1) is 40.9. The number of aromatic amines is 1. The molecule has 1 aliphatic carbocycles. The van der Waals surface area contributed by atoms with E-state index >= 15 is 0 Å². The van der Waals surface area contributed by atoms with E-state index in [2.05, 4.69) is 102 Å². The number of carboxylic acid groups (broad SMARTS) is 4. The molecule has 3 aliphatic heterocycles. The minimum Gasteiger partial charge on any atom is -0.478 e. The number of H-pyrrole nitrogens is 1. The molecule has 0 atom stereocenters. The molecular weight excluding hydrogens is 1050 g/mol. The smallest absolute Gasteiger partial charge is 0.335 e. The van der Waals surface area contributed by atoms with E-state index in [9.17, 15) is 39.6 Å². The molecular formula is C73H47N3O8. The number of fused-ring (bicyclic) bond motifs is 6. The van der Waals surface area contributed by atoms with Crippen LogP contribution in [0.2, 0.25) is 0 Å². The van der Waals surface area contributed by atoms with Crippen molar-refractivity contribution in [3.05, 3.63) is 321 Å². The lowest BCUT2D eigenvalue weighted by Gasteiger charge is -2.15. The normalized spacial score (nSPS) is 14.3. The van der Waals surface area contributed by atoms with E-state index in [-0.39, 0.29) is 22.3 Å². The summed E-state index contributed by atoms with van der Waals surface area (Å²) in [5.74, 6) is -3.96. The molecule has 4 heterocycles. The molecule has 0 saturated carbocycles. The molecule has 9 aromatic rings. The van der Waals surface area contributed by atoms with Gasteiger partial charge in [-0.1, -0.05) is 158 Å². The first-order valence-corrected chi connectivity index (χ1v) is 27.0. The third-order valence-electron chi connectivity index (χ3n) is 15.6. The summed E-state index contributed by atoms with van der Waals surface area (Å²) in [7, 11) is 0. The van der Waals surface area contributed by atoms with Gasteiger partial charge in [-0.15, -0.1) is 0 Å². The van der Waals surface area contributed by atoms with Crippen LogP contribution < -0.4 is 0 Å². The van der Waals surface area contributed by atoms with Gasteiger partial charge in [-0.3, -0.25) is 0 Å². The number of hydrogen-bond donors (Lipinski definition) is 5. The predicted molar refractivity (Wildman–Crippen MR) is 329 cm³/mol. The lowest BCUT2D eigenvalue weighted by molar-refractivity contribution is 0.0686. The molecule has 84 heavy (non-hydrogen) atoms. The Bertz CT molecular complexity index is 4220. The summed E-state index contributed by atoms with van der Waals surface area (Å²) in [5.41, 5.74) is 21.9. The first kappa shape index (κ1) is 51.9. The number of nitrogens with one attached hydrogen (secondary N) is 1. The molecule has 8 bridgehead atoms. The van der Waals surface area contributed by atoms with Gasteiger partial charge in [0.1, 0.15) is 0 Å². The molecule has 4 aliphatic rings. The van der Waals surface area contributed by atoms with E-state index in [4.69, 9.17) is 9.98 Å². The van der Waals surface area contributed by atoms with Gasteiger partial charge in [0.15, 0.2) is 0 Å². The monoisotopic (exact) mass is 1090 g/mol. The van der Waals surface area contributed by atoms with E-state index in [1.54, 1.807) is 48.5 Å². The van der Waals surface area contributed by atoms with Crippen molar-refractivity contribution in [2.45, 2.75) is 6.42 Å². The predicted octanol–water partition coefficient (Wildman–Crippen LogP) is 15.9. The highest BCUT2D eigenvalue weighted by Crippen LogP contribution is 2.43. The van der Waals surface area contributed by atoms with E-state index in [1.165, 1.54) is 0 Å². The number of aliphatic imine (C=N–C) groups is 2. The molecule has 13 rings (SSSR count). The molecule has 0 saturated heterocycles. The lowest BCUT2D eigenvalue weighted by Crippen LogP contribution is -2.03. The summed E-state index contributed by atoms with van der Waals surface area (Å²) in [5, 5.41) is 38.3. The summed E-state index contributed by atoms with van der Waals surface area (Å²) in [6, 6.07) is 64.3. The largest absolute Gasteiger partial charge is 0.478 e. The van der Waals surface area contributed by atoms with Crippen molar-refractivity contribution < 1.29 is 39.6 Å². The molecule has 0 unspecified atom stereocenters. The fourth-order valence-electron chi connectivity index (χ4n) is 11.3. The second-order valence-corrected chi connectivity index (χ2v) is 20.6. The van der Waals surface area contributed by atoms with Crippen LogP contribution >= 0.6 is 0 Å². The molecule has 0 amide bonds. The quantitative estimate of drug-likeness (QED) is 0.0798. The Morgan fingerprint density at radius 2 is 0.500 bits per heavy atom. The Kier molecular flexibility index (Phi) is 13.3. The standard InChI is InChI=1S/C73H47N3O8/c77-70(78)54-25-9-46(10-26-54)42-1-17-50(18-2-42)66-58-33-34-59(41-58)67(51-19-3-43(4-20-51)47-11-27-55(28-12-47)71(79)80)61-36-38-63(75-61)69(53-23-7-45(8-24-53)49-15-31-57(32-16-49)73(83)84)65-40-39-64(76-65)68(62-37-35-60(66)74-62)52-21-5-44(6-22-52)48-13-29-56(30-14-48)72(81)82/h1-40,76H,41H2,(H,77,78)(H,79,80)(H,81,82)(H,83,84). The van der Waals surface area contributed by atoms with Gasteiger partial charge >= 0.3 is 23.9 Å². The first-order valence-electron chi connectivity index (χ1n) is 27.0. The summed E-state index contributed by atoms with van der Waals surface area (Å²) in [6.07, 6.45) is 13.1. The van der Waals surface area contributed by atoms with Crippen molar-refractivity contribution in [3.8, 4) is 44.5 Å². The van der Waals surface area contributed by atoms with Crippen LogP contribution in [0.25, 0.3) is 66.8 Å². The minimum atomic E-state index is -0.990. The Morgan fingerprint density at radius 1 is 0.274 bits per heavy atom. The Hall–Kier alpha value is -11.6. The molecule has 402 valence electrons. The van der Waals surface area contributed by atoms with Crippen molar-refractivity contribution in [3.63, 3.8) is 0 Å². The molecule has 8 aromatic carbocycles. The van der Waals surface area contributed by atoms with Gasteiger partial charge in [-0.25, -0.2) is 29.2 Å². The van der Waals surface area contributed by atoms with Crippen molar-refractivity contribution in [2.24, 2.45) is 9.98 Å². The van der Waals surface area contributed by atoms with Gasteiger partial charge < -0.3 is 25.4 Å². The van der Waals surface area contributed by atoms with Crippen LogP contribution in [0, 0.1) is 0 Å². The Labute approximate surface area is 482 Å². The number of aromatic nitrogens is 1. The van der Waals surface area contributed by atoms with Crippen LogP contribution in [0.1, 0.15) is 81.5 Å². The average Bonchev–Trinajstić information content (AvgIpc) is 4.01.